The third-order valence-corrected chi connectivity index (χ3v) is 3.43. The lowest BCUT2D eigenvalue weighted by molar-refractivity contribution is -0.274. The van der Waals surface area contributed by atoms with Gasteiger partial charge in [0.05, 0.1) is 6.04 Å². The molecule has 10 heteroatoms. The Balaban J connectivity index is 0.00000264. The summed E-state index contributed by atoms with van der Waals surface area (Å²) in [6.07, 6.45) is -4.72. The maximum atomic E-state index is 12.1. The summed E-state index contributed by atoms with van der Waals surface area (Å²) >= 11 is 0. The van der Waals surface area contributed by atoms with E-state index in [0.717, 1.165) is 26.2 Å². The Morgan fingerprint density at radius 3 is 2.25 bits per heavy atom. The van der Waals surface area contributed by atoms with Crippen molar-refractivity contribution >= 4 is 36.4 Å². The predicted molar refractivity (Wildman–Crippen MR) is 90.2 cm³/mol. The van der Waals surface area contributed by atoms with Crippen molar-refractivity contribution in [1.82, 2.24) is 10.2 Å². The minimum Gasteiger partial charge on any atom is -0.406 e. The van der Waals surface area contributed by atoms with E-state index >= 15 is 0 Å². The number of rotatable bonds is 4. The first-order valence-electron chi connectivity index (χ1n) is 6.96. The molecule has 0 aromatic heterocycles. The van der Waals surface area contributed by atoms with Gasteiger partial charge < -0.3 is 15.4 Å². The van der Waals surface area contributed by atoms with Crippen molar-refractivity contribution in [3.05, 3.63) is 24.3 Å². The van der Waals surface area contributed by atoms with E-state index in [1.165, 1.54) is 24.3 Å². The van der Waals surface area contributed by atoms with Crippen molar-refractivity contribution < 1.29 is 22.7 Å². The zero-order chi connectivity index (χ0) is 16.2. The van der Waals surface area contributed by atoms with Crippen LogP contribution in [0, 0.1) is 0 Å². The number of carbonyl (C=O) groups is 1. The van der Waals surface area contributed by atoms with Crippen LogP contribution in [0.1, 0.15) is 6.92 Å². The zero-order valence-corrected chi connectivity index (χ0v) is 14.6. The number of nitrogens with one attached hydrogen (secondary N) is 2. The predicted octanol–water partition coefficient (Wildman–Crippen LogP) is 2.66. The van der Waals surface area contributed by atoms with Crippen LogP contribution in [0.2, 0.25) is 0 Å². The molecule has 1 fully saturated rings. The van der Waals surface area contributed by atoms with Crippen molar-refractivity contribution in [3.63, 3.8) is 0 Å². The van der Waals surface area contributed by atoms with E-state index in [2.05, 4.69) is 15.4 Å². The molecule has 1 aliphatic rings. The van der Waals surface area contributed by atoms with Gasteiger partial charge in [-0.25, -0.2) is 0 Å². The lowest BCUT2D eigenvalue weighted by atomic mass is 10.2. The number of hydrogen-bond donors (Lipinski definition) is 2. The molecular formula is C14H20Cl2F3N3O2. The minimum atomic E-state index is -4.72. The Hall–Kier alpha value is -1.22. The van der Waals surface area contributed by atoms with E-state index in [4.69, 9.17) is 0 Å². The number of piperazine rings is 1. The number of amides is 1. The summed E-state index contributed by atoms with van der Waals surface area (Å²) in [6.45, 7) is 5.05. The third-order valence-electron chi connectivity index (χ3n) is 3.43. The van der Waals surface area contributed by atoms with Gasteiger partial charge in [-0.2, -0.15) is 0 Å². The van der Waals surface area contributed by atoms with Crippen molar-refractivity contribution in [2.45, 2.75) is 19.3 Å². The molecule has 1 unspecified atom stereocenters. The second-order valence-corrected chi connectivity index (χ2v) is 5.02. The summed E-state index contributed by atoms with van der Waals surface area (Å²) in [4.78, 5) is 14.2. The number of alkyl halides is 3. The van der Waals surface area contributed by atoms with Gasteiger partial charge in [0, 0.05) is 31.9 Å². The van der Waals surface area contributed by atoms with Crippen LogP contribution in [0.5, 0.6) is 5.75 Å². The largest absolute Gasteiger partial charge is 0.573 e. The highest BCUT2D eigenvalue weighted by molar-refractivity contribution is 5.94. The summed E-state index contributed by atoms with van der Waals surface area (Å²) in [7, 11) is 0. The second kappa shape index (κ2) is 9.93. The molecule has 1 aliphatic heterocycles. The molecule has 0 saturated carbocycles. The molecule has 5 nitrogen and oxygen atoms in total. The lowest BCUT2D eigenvalue weighted by Crippen LogP contribution is -2.51. The maximum Gasteiger partial charge on any atom is 0.573 e. The Labute approximate surface area is 150 Å². The van der Waals surface area contributed by atoms with Gasteiger partial charge in [0.2, 0.25) is 5.91 Å². The van der Waals surface area contributed by atoms with E-state index in [1.54, 1.807) is 0 Å². The highest BCUT2D eigenvalue weighted by Crippen LogP contribution is 2.24. The second-order valence-electron chi connectivity index (χ2n) is 5.02. The first-order valence-corrected chi connectivity index (χ1v) is 6.96. The fourth-order valence-electron chi connectivity index (χ4n) is 2.22. The fraction of sp³-hybridized carbons (Fsp3) is 0.500. The smallest absolute Gasteiger partial charge is 0.406 e. The average molecular weight is 390 g/mol. The first-order chi connectivity index (χ1) is 10.3. The van der Waals surface area contributed by atoms with Gasteiger partial charge in [0.25, 0.3) is 0 Å². The van der Waals surface area contributed by atoms with Gasteiger partial charge in [-0.1, -0.05) is 0 Å². The molecule has 2 rings (SSSR count). The van der Waals surface area contributed by atoms with Gasteiger partial charge in [0.15, 0.2) is 0 Å². The molecular weight excluding hydrogens is 370 g/mol. The van der Waals surface area contributed by atoms with E-state index in [-0.39, 0.29) is 42.5 Å². The highest BCUT2D eigenvalue weighted by Gasteiger charge is 2.31. The van der Waals surface area contributed by atoms with Gasteiger partial charge in [0.1, 0.15) is 5.75 Å². The van der Waals surface area contributed by atoms with Crippen LogP contribution in [0.4, 0.5) is 18.9 Å². The molecule has 1 saturated heterocycles. The topological polar surface area (TPSA) is 53.6 Å². The Morgan fingerprint density at radius 2 is 1.75 bits per heavy atom. The quantitative estimate of drug-likeness (QED) is 0.830. The molecule has 0 radical (unpaired) electrons. The summed E-state index contributed by atoms with van der Waals surface area (Å²) in [5, 5.41) is 5.90. The van der Waals surface area contributed by atoms with Crippen LogP contribution in [0.15, 0.2) is 24.3 Å². The summed E-state index contributed by atoms with van der Waals surface area (Å²) in [5.41, 5.74) is 0.432. The van der Waals surface area contributed by atoms with Gasteiger partial charge >= 0.3 is 6.36 Å². The normalized spacial score (nSPS) is 16.3. The highest BCUT2D eigenvalue weighted by atomic mass is 35.5. The van der Waals surface area contributed by atoms with Crippen LogP contribution in [-0.4, -0.2) is 49.4 Å². The van der Waals surface area contributed by atoms with E-state index in [9.17, 15) is 18.0 Å². The molecule has 138 valence electrons. The summed E-state index contributed by atoms with van der Waals surface area (Å²) in [5.74, 6) is -0.507. The van der Waals surface area contributed by atoms with Gasteiger partial charge in [-0.3, -0.25) is 9.69 Å². The van der Waals surface area contributed by atoms with Crippen molar-refractivity contribution in [1.29, 1.82) is 0 Å². The summed E-state index contributed by atoms with van der Waals surface area (Å²) < 4.78 is 40.0. The number of benzene rings is 1. The van der Waals surface area contributed by atoms with Crippen LogP contribution in [-0.2, 0) is 4.79 Å². The van der Waals surface area contributed by atoms with E-state index in [0.29, 0.717) is 5.69 Å². The number of anilines is 1. The van der Waals surface area contributed by atoms with Crippen LogP contribution < -0.4 is 15.4 Å². The number of carbonyl (C=O) groups excluding carboxylic acids is 1. The molecule has 1 amide bonds. The van der Waals surface area contributed by atoms with Crippen LogP contribution >= 0.6 is 24.8 Å². The molecule has 0 aliphatic carbocycles. The van der Waals surface area contributed by atoms with Crippen molar-refractivity contribution in [2.75, 3.05) is 31.5 Å². The molecule has 2 N–H and O–H groups in total. The van der Waals surface area contributed by atoms with Crippen LogP contribution in [0.3, 0.4) is 0 Å². The SMILES string of the molecule is CC(C(=O)Nc1ccc(OC(F)(F)F)cc1)N1CCNCC1.Cl.Cl. The number of ether oxygens (including phenoxy) is 1. The van der Waals surface area contributed by atoms with Crippen LogP contribution in [0.25, 0.3) is 0 Å². The monoisotopic (exact) mass is 389 g/mol. The van der Waals surface area contributed by atoms with E-state index in [1.807, 2.05) is 11.8 Å². The standard InChI is InChI=1S/C14H18F3N3O2.2ClH/c1-10(20-8-6-18-7-9-20)13(21)19-11-2-4-12(5-3-11)22-14(15,16)17;;/h2-5,10,18H,6-9H2,1H3,(H,19,21);2*1H. The Bertz CT molecular complexity index is 509. The maximum absolute atomic E-state index is 12.1. The van der Waals surface area contributed by atoms with Crippen molar-refractivity contribution in [3.8, 4) is 5.75 Å². The molecule has 1 atom stereocenters. The molecule has 0 spiro atoms. The Kier molecular flexibility index (Phi) is 9.42. The van der Waals surface area contributed by atoms with Crippen molar-refractivity contribution in [2.24, 2.45) is 0 Å². The number of hydrogen-bond acceptors (Lipinski definition) is 4. The number of halogens is 5. The molecule has 1 aromatic carbocycles. The minimum absolute atomic E-state index is 0. The van der Waals surface area contributed by atoms with Gasteiger partial charge in [-0.15, -0.1) is 38.0 Å². The third kappa shape index (κ3) is 7.12. The van der Waals surface area contributed by atoms with E-state index < -0.39 is 6.36 Å². The van der Waals surface area contributed by atoms with Gasteiger partial charge in [-0.05, 0) is 31.2 Å². The molecule has 0 bridgehead atoms. The summed E-state index contributed by atoms with van der Waals surface area (Å²) in [6, 6.07) is 4.79. The average Bonchev–Trinajstić information content (AvgIpc) is 2.48. The number of nitrogens with zero attached hydrogens (tertiary/aromatic N) is 1. The lowest BCUT2D eigenvalue weighted by Gasteiger charge is -2.31. The fourth-order valence-corrected chi connectivity index (χ4v) is 2.22. The molecule has 24 heavy (non-hydrogen) atoms. The molecule has 1 heterocycles. The zero-order valence-electron chi connectivity index (χ0n) is 12.9. The first kappa shape index (κ1) is 22.8. The molecule has 1 aromatic rings. The Morgan fingerprint density at radius 1 is 1.21 bits per heavy atom.